The van der Waals surface area contributed by atoms with Gasteiger partial charge in [0.25, 0.3) is 0 Å². The Kier molecular flexibility index (Phi) is 20.2. The Bertz CT molecular complexity index is 42.6. The molecule has 0 saturated heterocycles. The van der Waals surface area contributed by atoms with Crippen molar-refractivity contribution in [3.8, 4) is 0 Å². The van der Waals surface area contributed by atoms with Gasteiger partial charge in [0, 0.05) is 20.8 Å². The summed E-state index contributed by atoms with van der Waals surface area (Å²) >= 11 is 0. The van der Waals surface area contributed by atoms with Crippen LogP contribution >= 0.6 is 0 Å². The maximum Gasteiger partial charge on any atom is 0.0696 e. The normalized spacial score (nSPS) is 8.73. The highest BCUT2D eigenvalue weighted by Crippen LogP contribution is 1.78. The molecule has 0 aliphatic rings. The lowest BCUT2D eigenvalue weighted by Crippen LogP contribution is -1.96. The number of rotatable bonds is 5. The number of hydrogen-bond donors (Lipinski definition) is 1. The second kappa shape index (κ2) is 16.5. The number of unbranched alkanes of at least 4 members (excludes halogenated alkanes) is 1. The van der Waals surface area contributed by atoms with Gasteiger partial charge in [0.15, 0.2) is 0 Å². The van der Waals surface area contributed by atoms with Crippen LogP contribution in [-0.4, -0.2) is 39.1 Å². The molecule has 1 N–H and O–H groups in total. The molecule has 0 heterocycles. The first-order chi connectivity index (χ1) is 5.33. The Hall–Kier alpha value is -0.120. The quantitative estimate of drug-likeness (QED) is 0.617. The van der Waals surface area contributed by atoms with Gasteiger partial charge in [-0.05, 0) is 6.42 Å². The summed E-state index contributed by atoms with van der Waals surface area (Å²) in [5.41, 5.74) is 0. The molecule has 0 saturated carbocycles. The summed E-state index contributed by atoms with van der Waals surface area (Å²) in [5, 5.41) is 8.07. The van der Waals surface area contributed by atoms with Crippen LogP contribution < -0.4 is 0 Å². The number of ether oxygens (including phenoxy) is 2. The SMILES string of the molecule is CCCCO.COCCOC. The third-order valence-corrected chi connectivity index (χ3v) is 1.00. The Morgan fingerprint density at radius 3 is 1.64 bits per heavy atom. The molecule has 0 spiro atoms. The highest BCUT2D eigenvalue weighted by molar-refractivity contribution is 4.23. The average molecular weight is 164 g/mol. The fourth-order valence-corrected chi connectivity index (χ4v) is 0.325. The van der Waals surface area contributed by atoms with Crippen LogP contribution in [0.15, 0.2) is 0 Å². The Balaban J connectivity index is 0. The van der Waals surface area contributed by atoms with Crippen LogP contribution in [0.5, 0.6) is 0 Å². The van der Waals surface area contributed by atoms with E-state index in [-0.39, 0.29) is 0 Å². The third-order valence-electron chi connectivity index (χ3n) is 1.00. The molecule has 3 heteroatoms. The van der Waals surface area contributed by atoms with Gasteiger partial charge in [-0.15, -0.1) is 0 Å². The molecule has 0 fully saturated rings. The van der Waals surface area contributed by atoms with Crippen molar-refractivity contribution in [2.75, 3.05) is 34.0 Å². The molecule has 3 nitrogen and oxygen atoms in total. The van der Waals surface area contributed by atoms with E-state index < -0.39 is 0 Å². The lowest BCUT2D eigenvalue weighted by atomic mass is 10.4. The van der Waals surface area contributed by atoms with Crippen molar-refractivity contribution < 1.29 is 14.6 Å². The van der Waals surface area contributed by atoms with Gasteiger partial charge in [0.1, 0.15) is 0 Å². The van der Waals surface area contributed by atoms with Crippen molar-refractivity contribution in [3.05, 3.63) is 0 Å². The van der Waals surface area contributed by atoms with Crippen molar-refractivity contribution in [2.24, 2.45) is 0 Å². The largest absolute Gasteiger partial charge is 0.396 e. The van der Waals surface area contributed by atoms with Crippen LogP contribution in [0.1, 0.15) is 19.8 Å². The van der Waals surface area contributed by atoms with E-state index in [1.165, 1.54) is 0 Å². The van der Waals surface area contributed by atoms with Gasteiger partial charge in [-0.1, -0.05) is 13.3 Å². The fraction of sp³-hybridized carbons (Fsp3) is 1.00. The molecule has 0 amide bonds. The molecule has 0 aromatic carbocycles. The van der Waals surface area contributed by atoms with Gasteiger partial charge in [0.05, 0.1) is 13.2 Å². The average Bonchev–Trinajstić information content (AvgIpc) is 2.04. The Labute approximate surface area is 69.3 Å². The predicted molar refractivity (Wildman–Crippen MR) is 45.7 cm³/mol. The zero-order chi connectivity index (χ0) is 8.95. The molecule has 0 aromatic heterocycles. The smallest absolute Gasteiger partial charge is 0.0696 e. The third kappa shape index (κ3) is 25.8. The lowest BCUT2D eigenvalue weighted by Gasteiger charge is -1.91. The first kappa shape index (κ1) is 13.5. The highest BCUT2D eigenvalue weighted by atomic mass is 16.5. The summed E-state index contributed by atoms with van der Waals surface area (Å²) in [6, 6.07) is 0. The molecule has 0 aromatic rings. The molecule has 0 aliphatic carbocycles. The summed E-state index contributed by atoms with van der Waals surface area (Å²) in [5.74, 6) is 0. The predicted octanol–water partition coefficient (Wildman–Crippen LogP) is 1.06. The molecular formula is C8H20O3. The molecular weight excluding hydrogens is 144 g/mol. The van der Waals surface area contributed by atoms with Crippen molar-refractivity contribution in [2.45, 2.75) is 19.8 Å². The van der Waals surface area contributed by atoms with E-state index in [4.69, 9.17) is 5.11 Å². The number of aliphatic hydroxyl groups is 1. The zero-order valence-corrected chi connectivity index (χ0v) is 7.80. The van der Waals surface area contributed by atoms with Crippen LogP contribution in [0.4, 0.5) is 0 Å². The summed E-state index contributed by atoms with van der Waals surface area (Å²) < 4.78 is 9.31. The van der Waals surface area contributed by atoms with Crippen LogP contribution in [0.2, 0.25) is 0 Å². The second-order valence-electron chi connectivity index (χ2n) is 2.06. The van der Waals surface area contributed by atoms with Crippen LogP contribution in [-0.2, 0) is 9.47 Å². The van der Waals surface area contributed by atoms with Crippen molar-refractivity contribution >= 4 is 0 Å². The molecule has 0 rings (SSSR count). The monoisotopic (exact) mass is 164 g/mol. The van der Waals surface area contributed by atoms with E-state index in [1.54, 1.807) is 14.2 Å². The van der Waals surface area contributed by atoms with E-state index >= 15 is 0 Å². The van der Waals surface area contributed by atoms with Gasteiger partial charge in [-0.2, -0.15) is 0 Å². The van der Waals surface area contributed by atoms with Gasteiger partial charge in [0.2, 0.25) is 0 Å². The van der Waals surface area contributed by atoms with E-state index in [9.17, 15) is 0 Å². The van der Waals surface area contributed by atoms with Gasteiger partial charge in [-0.25, -0.2) is 0 Å². The molecule has 0 atom stereocenters. The topological polar surface area (TPSA) is 38.7 Å². The number of hydrogen-bond acceptors (Lipinski definition) is 3. The summed E-state index contributed by atoms with van der Waals surface area (Å²) in [6.07, 6.45) is 2.04. The molecule has 0 unspecified atom stereocenters. The van der Waals surface area contributed by atoms with Crippen LogP contribution in [0.25, 0.3) is 0 Å². The van der Waals surface area contributed by atoms with Crippen LogP contribution in [0, 0.1) is 0 Å². The van der Waals surface area contributed by atoms with Crippen molar-refractivity contribution in [3.63, 3.8) is 0 Å². The first-order valence-electron chi connectivity index (χ1n) is 3.92. The summed E-state index contributed by atoms with van der Waals surface area (Å²) in [7, 11) is 3.30. The first-order valence-corrected chi connectivity index (χ1v) is 3.92. The van der Waals surface area contributed by atoms with Crippen molar-refractivity contribution in [1.82, 2.24) is 0 Å². The second-order valence-corrected chi connectivity index (χ2v) is 2.06. The van der Waals surface area contributed by atoms with E-state index in [2.05, 4.69) is 16.4 Å². The minimum atomic E-state index is 0.344. The van der Waals surface area contributed by atoms with Crippen LogP contribution in [0.3, 0.4) is 0 Å². The lowest BCUT2D eigenvalue weighted by molar-refractivity contribution is 0.103. The van der Waals surface area contributed by atoms with E-state index in [0.29, 0.717) is 19.8 Å². The summed E-state index contributed by atoms with van der Waals surface area (Å²) in [4.78, 5) is 0. The maximum atomic E-state index is 8.07. The molecule has 11 heavy (non-hydrogen) atoms. The van der Waals surface area contributed by atoms with Crippen molar-refractivity contribution in [1.29, 1.82) is 0 Å². The molecule has 70 valence electrons. The Morgan fingerprint density at radius 1 is 1.09 bits per heavy atom. The molecule has 0 radical (unpaired) electrons. The van der Waals surface area contributed by atoms with Gasteiger partial charge >= 0.3 is 0 Å². The minimum Gasteiger partial charge on any atom is -0.396 e. The Morgan fingerprint density at radius 2 is 1.55 bits per heavy atom. The zero-order valence-electron chi connectivity index (χ0n) is 7.80. The fourth-order valence-electron chi connectivity index (χ4n) is 0.325. The molecule has 0 aliphatic heterocycles. The minimum absolute atomic E-state index is 0.344. The summed E-state index contributed by atoms with van der Waals surface area (Å²) in [6.45, 7) is 3.78. The number of methoxy groups -OCH3 is 2. The number of aliphatic hydroxyl groups excluding tert-OH is 1. The highest BCUT2D eigenvalue weighted by Gasteiger charge is 1.73. The van der Waals surface area contributed by atoms with E-state index in [0.717, 1.165) is 12.8 Å². The maximum absolute atomic E-state index is 8.07. The molecule has 0 bridgehead atoms. The van der Waals surface area contributed by atoms with Gasteiger partial charge < -0.3 is 14.6 Å². The van der Waals surface area contributed by atoms with E-state index in [1.807, 2.05) is 0 Å². The van der Waals surface area contributed by atoms with Gasteiger partial charge in [-0.3, -0.25) is 0 Å². The standard InChI is InChI=1S/C4H10O2.C4H10O/c1-5-3-4-6-2;1-2-3-4-5/h3-4H2,1-2H3;5H,2-4H2,1H3.